The van der Waals surface area contributed by atoms with Gasteiger partial charge in [-0.05, 0) is 49.2 Å². The molecule has 3 heterocycles. The Labute approximate surface area is 182 Å². The van der Waals surface area contributed by atoms with Gasteiger partial charge >= 0.3 is 0 Å². The largest absolute Gasteiger partial charge is 0.468 e. The minimum Gasteiger partial charge on any atom is -0.468 e. The first-order valence-corrected chi connectivity index (χ1v) is 12.0. The zero-order valence-electron chi connectivity index (χ0n) is 16.7. The molecule has 1 amide bonds. The average Bonchev–Trinajstić information content (AvgIpc) is 3.27. The van der Waals surface area contributed by atoms with Crippen molar-refractivity contribution < 1.29 is 17.6 Å². The lowest BCUT2D eigenvalue weighted by molar-refractivity contribution is -0.138. The summed E-state index contributed by atoms with van der Waals surface area (Å²) in [6.07, 6.45) is 2.78. The number of nitrogens with zero attached hydrogens (tertiary/aromatic N) is 3. The van der Waals surface area contributed by atoms with Crippen LogP contribution in [-0.2, 0) is 21.4 Å². The molecule has 30 heavy (non-hydrogen) atoms. The number of rotatable bonds is 5. The molecule has 0 unspecified atom stereocenters. The number of benzene rings is 1. The van der Waals surface area contributed by atoms with E-state index < -0.39 is 10.0 Å². The van der Waals surface area contributed by atoms with Gasteiger partial charge in [-0.25, -0.2) is 8.42 Å². The predicted octanol–water partition coefficient (Wildman–Crippen LogP) is 2.68. The number of hydrogen-bond donors (Lipinski definition) is 0. The molecule has 2 aromatic rings. The van der Waals surface area contributed by atoms with E-state index in [0.29, 0.717) is 44.0 Å². The molecule has 0 atom stereocenters. The van der Waals surface area contributed by atoms with Gasteiger partial charge in [0.15, 0.2) is 0 Å². The Morgan fingerprint density at radius 3 is 2.27 bits per heavy atom. The molecule has 0 saturated carbocycles. The second-order valence-corrected chi connectivity index (χ2v) is 10.2. The van der Waals surface area contributed by atoms with E-state index in [-0.39, 0.29) is 16.7 Å². The highest BCUT2D eigenvalue weighted by Gasteiger charge is 2.34. The van der Waals surface area contributed by atoms with Crippen LogP contribution >= 0.6 is 11.6 Å². The fourth-order valence-electron chi connectivity index (χ4n) is 4.11. The maximum Gasteiger partial charge on any atom is 0.243 e. The zero-order chi connectivity index (χ0) is 21.1. The molecule has 1 aromatic heterocycles. The fraction of sp³-hybridized carbons (Fsp3) is 0.476. The molecule has 2 aliphatic rings. The van der Waals surface area contributed by atoms with Crippen molar-refractivity contribution >= 4 is 27.5 Å². The molecule has 2 aliphatic heterocycles. The van der Waals surface area contributed by atoms with Crippen LogP contribution in [-0.4, -0.2) is 67.7 Å². The van der Waals surface area contributed by atoms with Gasteiger partial charge in [0, 0.05) is 50.2 Å². The highest BCUT2D eigenvalue weighted by Crippen LogP contribution is 2.26. The minimum atomic E-state index is -3.55. The third kappa shape index (κ3) is 4.72. The van der Waals surface area contributed by atoms with Gasteiger partial charge in [0.05, 0.1) is 17.7 Å². The normalized spacial score (nSPS) is 19.8. The highest BCUT2D eigenvalue weighted by atomic mass is 35.5. The van der Waals surface area contributed by atoms with E-state index in [1.165, 1.54) is 16.4 Å². The van der Waals surface area contributed by atoms with Crippen LogP contribution in [0.15, 0.2) is 52.0 Å². The third-order valence-electron chi connectivity index (χ3n) is 5.90. The first-order valence-electron chi connectivity index (χ1n) is 10.2. The molecule has 0 spiro atoms. The molecular weight excluding hydrogens is 426 g/mol. The fourth-order valence-corrected chi connectivity index (χ4v) is 5.70. The van der Waals surface area contributed by atoms with Crippen LogP contribution in [0.5, 0.6) is 0 Å². The monoisotopic (exact) mass is 451 g/mol. The summed E-state index contributed by atoms with van der Waals surface area (Å²) in [6, 6.07) is 10.1. The van der Waals surface area contributed by atoms with Gasteiger partial charge in [0.25, 0.3) is 0 Å². The van der Waals surface area contributed by atoms with Crippen molar-refractivity contribution in [2.45, 2.75) is 24.3 Å². The van der Waals surface area contributed by atoms with Crippen molar-refractivity contribution in [3.63, 3.8) is 0 Å². The molecule has 0 aliphatic carbocycles. The molecule has 2 saturated heterocycles. The Bertz CT molecular complexity index is 947. The lowest BCUT2D eigenvalue weighted by atomic mass is 9.96. The van der Waals surface area contributed by atoms with Crippen molar-refractivity contribution in [2.75, 3.05) is 39.3 Å². The molecular formula is C21H26ClN3O4S. The Kier molecular flexibility index (Phi) is 6.48. The van der Waals surface area contributed by atoms with Gasteiger partial charge in [0.1, 0.15) is 5.76 Å². The second-order valence-electron chi connectivity index (χ2n) is 7.81. The van der Waals surface area contributed by atoms with Crippen molar-refractivity contribution in [3.8, 4) is 0 Å². The summed E-state index contributed by atoms with van der Waals surface area (Å²) in [7, 11) is -3.55. The minimum absolute atomic E-state index is 0.113. The maximum absolute atomic E-state index is 12.9. The van der Waals surface area contributed by atoms with Gasteiger partial charge in [-0.1, -0.05) is 11.6 Å². The van der Waals surface area contributed by atoms with Crippen molar-refractivity contribution in [2.24, 2.45) is 5.92 Å². The van der Waals surface area contributed by atoms with Gasteiger partial charge in [-0.15, -0.1) is 0 Å². The molecule has 0 N–H and O–H groups in total. The summed E-state index contributed by atoms with van der Waals surface area (Å²) in [5.41, 5.74) is 0. The van der Waals surface area contributed by atoms with Crippen LogP contribution in [0, 0.1) is 5.92 Å². The third-order valence-corrected chi connectivity index (χ3v) is 8.06. The van der Waals surface area contributed by atoms with Crippen molar-refractivity contribution in [1.29, 1.82) is 0 Å². The number of sulfonamides is 1. The van der Waals surface area contributed by atoms with E-state index in [9.17, 15) is 13.2 Å². The number of piperazine rings is 1. The van der Waals surface area contributed by atoms with Crippen molar-refractivity contribution in [1.82, 2.24) is 14.1 Å². The summed E-state index contributed by atoms with van der Waals surface area (Å²) in [5.74, 6) is 0.971. The number of carbonyl (C=O) groups is 1. The molecule has 2 fully saturated rings. The van der Waals surface area contributed by atoms with Crippen LogP contribution in [0.4, 0.5) is 0 Å². The Morgan fingerprint density at radius 2 is 1.67 bits per heavy atom. The predicted molar refractivity (Wildman–Crippen MR) is 113 cm³/mol. The first kappa shape index (κ1) is 21.4. The summed E-state index contributed by atoms with van der Waals surface area (Å²) < 4.78 is 32.5. The molecule has 162 valence electrons. The van der Waals surface area contributed by atoms with Crippen LogP contribution in [0.1, 0.15) is 18.6 Å². The standard InChI is InChI=1S/C21H26ClN3O4S/c22-18-3-5-20(6-4-18)30(27,28)25-9-7-17(8-10-25)21(26)24-13-11-23(12-14-24)16-19-2-1-15-29-19/h1-6,15,17H,7-14,16H2. The zero-order valence-corrected chi connectivity index (χ0v) is 18.3. The quantitative estimate of drug-likeness (QED) is 0.698. The number of carbonyl (C=O) groups excluding carboxylic acids is 1. The number of amides is 1. The summed E-state index contributed by atoms with van der Waals surface area (Å²) in [5, 5.41) is 0.502. The smallest absolute Gasteiger partial charge is 0.243 e. The van der Waals surface area contributed by atoms with Crippen LogP contribution in [0.25, 0.3) is 0 Å². The van der Waals surface area contributed by atoms with Crippen LogP contribution in [0.3, 0.4) is 0 Å². The lowest BCUT2D eigenvalue weighted by Gasteiger charge is -2.38. The van der Waals surface area contributed by atoms with Crippen LogP contribution < -0.4 is 0 Å². The van der Waals surface area contributed by atoms with E-state index in [1.807, 2.05) is 17.0 Å². The van der Waals surface area contributed by atoms with E-state index in [0.717, 1.165) is 25.4 Å². The average molecular weight is 452 g/mol. The lowest BCUT2D eigenvalue weighted by Crippen LogP contribution is -2.51. The highest BCUT2D eigenvalue weighted by molar-refractivity contribution is 7.89. The number of furan rings is 1. The van der Waals surface area contributed by atoms with E-state index >= 15 is 0 Å². The van der Waals surface area contributed by atoms with Gasteiger partial charge < -0.3 is 9.32 Å². The molecule has 7 nitrogen and oxygen atoms in total. The van der Waals surface area contributed by atoms with Gasteiger partial charge in [-0.2, -0.15) is 4.31 Å². The molecule has 0 bridgehead atoms. The second kappa shape index (κ2) is 9.09. The molecule has 4 rings (SSSR count). The van der Waals surface area contributed by atoms with Gasteiger partial charge in [-0.3, -0.25) is 9.69 Å². The van der Waals surface area contributed by atoms with E-state index in [4.69, 9.17) is 16.0 Å². The first-order chi connectivity index (χ1) is 14.4. The molecule has 9 heteroatoms. The van der Waals surface area contributed by atoms with Crippen LogP contribution in [0.2, 0.25) is 5.02 Å². The van der Waals surface area contributed by atoms with Gasteiger partial charge in [0.2, 0.25) is 15.9 Å². The Balaban J connectivity index is 1.28. The topological polar surface area (TPSA) is 74.1 Å². The Hall–Kier alpha value is -1.87. The molecule has 0 radical (unpaired) electrons. The number of hydrogen-bond acceptors (Lipinski definition) is 5. The number of halogens is 1. The Morgan fingerprint density at radius 1 is 1.00 bits per heavy atom. The molecule has 1 aromatic carbocycles. The van der Waals surface area contributed by atoms with E-state index in [1.54, 1.807) is 18.4 Å². The maximum atomic E-state index is 12.9. The summed E-state index contributed by atoms with van der Waals surface area (Å²) in [6.45, 7) is 4.51. The number of piperidine rings is 1. The summed E-state index contributed by atoms with van der Waals surface area (Å²) >= 11 is 5.86. The van der Waals surface area contributed by atoms with E-state index in [2.05, 4.69) is 4.90 Å². The van der Waals surface area contributed by atoms with Crippen molar-refractivity contribution in [3.05, 3.63) is 53.4 Å². The summed E-state index contributed by atoms with van der Waals surface area (Å²) in [4.78, 5) is 17.4. The SMILES string of the molecule is O=C(C1CCN(S(=O)(=O)c2ccc(Cl)cc2)CC1)N1CCN(Cc2ccco2)CC1.